The zero-order chi connectivity index (χ0) is 20.4. The molecule has 8 heteroatoms. The molecule has 0 saturated heterocycles. The third-order valence-electron chi connectivity index (χ3n) is 4.34. The second-order valence-corrected chi connectivity index (χ2v) is 6.37. The van der Waals surface area contributed by atoms with Crippen LogP contribution in [-0.4, -0.2) is 36.4 Å². The molecule has 146 valence electrons. The number of aryl methyl sites for hydroxylation is 2. The zero-order valence-electron chi connectivity index (χ0n) is 16.0. The summed E-state index contributed by atoms with van der Waals surface area (Å²) in [4.78, 5) is 24.1. The molecule has 0 aliphatic heterocycles. The summed E-state index contributed by atoms with van der Waals surface area (Å²) < 4.78 is 15.6. The molecule has 1 heterocycles. The van der Waals surface area contributed by atoms with Crippen molar-refractivity contribution < 1.29 is 28.7 Å². The van der Waals surface area contributed by atoms with E-state index in [9.17, 15) is 14.7 Å². The van der Waals surface area contributed by atoms with E-state index in [1.807, 2.05) is 26.0 Å². The Hall–Kier alpha value is -3.55. The number of rotatable bonds is 6. The molecule has 3 rings (SSSR count). The van der Waals surface area contributed by atoms with E-state index in [0.29, 0.717) is 17.0 Å². The number of anilines is 1. The number of ether oxygens (including phenoxy) is 2. The Bertz CT molecular complexity index is 1070. The Morgan fingerprint density at radius 3 is 2.43 bits per heavy atom. The van der Waals surface area contributed by atoms with E-state index in [1.165, 1.54) is 26.4 Å². The lowest BCUT2D eigenvalue weighted by atomic mass is 10.0. The van der Waals surface area contributed by atoms with Gasteiger partial charge in [-0.15, -0.1) is 0 Å². The predicted octanol–water partition coefficient (Wildman–Crippen LogP) is 3.34. The Morgan fingerprint density at radius 1 is 1.11 bits per heavy atom. The molecule has 8 nitrogen and oxygen atoms in total. The van der Waals surface area contributed by atoms with E-state index in [0.717, 1.165) is 16.5 Å². The first-order valence-electron chi connectivity index (χ1n) is 8.48. The maximum atomic E-state index is 12.6. The Morgan fingerprint density at radius 2 is 1.79 bits per heavy atom. The average Bonchev–Trinajstić information content (AvgIpc) is 3.03. The number of carbonyl (C=O) groups is 2. The highest BCUT2D eigenvalue weighted by Crippen LogP contribution is 2.33. The van der Waals surface area contributed by atoms with Crippen molar-refractivity contribution in [1.29, 1.82) is 0 Å². The van der Waals surface area contributed by atoms with Crippen molar-refractivity contribution in [1.82, 2.24) is 5.16 Å². The van der Waals surface area contributed by atoms with Gasteiger partial charge in [0.1, 0.15) is 5.69 Å². The number of nitrogens with zero attached hydrogens (tertiary/aromatic N) is 1. The largest absolute Gasteiger partial charge is 0.493 e. The van der Waals surface area contributed by atoms with Gasteiger partial charge in [-0.05, 0) is 31.0 Å². The molecule has 0 spiro atoms. The first kappa shape index (κ1) is 19.2. The molecule has 0 atom stereocenters. The number of aromatic nitrogens is 1. The lowest BCUT2D eigenvalue weighted by Gasteiger charge is -2.13. The number of benzene rings is 2. The molecular formula is C20H20N2O6. The number of nitrogens with one attached hydrogen (secondary N) is 1. The number of amides is 1. The topological polar surface area (TPSA) is 111 Å². The summed E-state index contributed by atoms with van der Waals surface area (Å²) in [6.07, 6.45) is -0.0652. The van der Waals surface area contributed by atoms with Gasteiger partial charge in [0.15, 0.2) is 17.1 Å². The molecule has 0 unspecified atom stereocenters. The Kier molecular flexibility index (Phi) is 5.21. The third-order valence-corrected chi connectivity index (χ3v) is 4.34. The SMILES string of the molecule is COc1cc(NC(=O)Cc2noc3cc(C)cc(C)c23)c(C(=O)O)cc1OC. The van der Waals surface area contributed by atoms with Crippen LogP contribution < -0.4 is 14.8 Å². The van der Waals surface area contributed by atoms with Gasteiger partial charge in [-0.3, -0.25) is 4.79 Å². The first-order valence-corrected chi connectivity index (χ1v) is 8.48. The van der Waals surface area contributed by atoms with Gasteiger partial charge in [0.05, 0.1) is 31.9 Å². The van der Waals surface area contributed by atoms with Crippen LogP contribution in [0.1, 0.15) is 27.2 Å². The minimum absolute atomic E-state index is 0.0652. The van der Waals surface area contributed by atoms with Crippen LogP contribution in [0.2, 0.25) is 0 Å². The molecule has 2 aromatic carbocycles. The first-order chi connectivity index (χ1) is 13.3. The highest BCUT2D eigenvalue weighted by Gasteiger charge is 2.20. The number of hydrogen-bond acceptors (Lipinski definition) is 6. The molecule has 0 aliphatic carbocycles. The van der Waals surface area contributed by atoms with E-state index < -0.39 is 11.9 Å². The molecular weight excluding hydrogens is 364 g/mol. The lowest BCUT2D eigenvalue weighted by molar-refractivity contribution is -0.115. The van der Waals surface area contributed by atoms with E-state index in [1.54, 1.807) is 0 Å². The fraction of sp³-hybridized carbons (Fsp3) is 0.250. The van der Waals surface area contributed by atoms with Crippen molar-refractivity contribution in [2.45, 2.75) is 20.3 Å². The molecule has 2 N–H and O–H groups in total. The van der Waals surface area contributed by atoms with Crippen molar-refractivity contribution in [3.8, 4) is 11.5 Å². The fourth-order valence-corrected chi connectivity index (χ4v) is 3.15. The highest BCUT2D eigenvalue weighted by atomic mass is 16.5. The smallest absolute Gasteiger partial charge is 0.337 e. The molecule has 0 saturated carbocycles. The second kappa shape index (κ2) is 7.59. The summed E-state index contributed by atoms with van der Waals surface area (Å²) in [5.74, 6) is -1.06. The minimum atomic E-state index is -1.20. The number of carboxylic acid groups (broad SMARTS) is 1. The molecule has 0 fully saturated rings. The van der Waals surface area contributed by atoms with Crippen LogP contribution in [0.3, 0.4) is 0 Å². The van der Waals surface area contributed by atoms with Crippen LogP contribution in [0.4, 0.5) is 5.69 Å². The van der Waals surface area contributed by atoms with Crippen LogP contribution in [0.5, 0.6) is 11.5 Å². The van der Waals surface area contributed by atoms with Crippen LogP contribution in [0, 0.1) is 13.8 Å². The van der Waals surface area contributed by atoms with Crippen LogP contribution in [0.15, 0.2) is 28.8 Å². The number of carboxylic acids is 1. The summed E-state index contributed by atoms with van der Waals surface area (Å²) in [6.45, 7) is 3.87. The number of methoxy groups -OCH3 is 2. The Balaban J connectivity index is 1.90. The van der Waals surface area contributed by atoms with Gasteiger partial charge >= 0.3 is 5.97 Å². The van der Waals surface area contributed by atoms with E-state index >= 15 is 0 Å². The van der Waals surface area contributed by atoms with E-state index in [-0.39, 0.29) is 23.4 Å². The van der Waals surface area contributed by atoms with Crippen LogP contribution >= 0.6 is 0 Å². The van der Waals surface area contributed by atoms with Crippen LogP contribution in [0.25, 0.3) is 11.0 Å². The van der Waals surface area contributed by atoms with Gasteiger partial charge in [-0.1, -0.05) is 11.2 Å². The number of aromatic carboxylic acids is 1. The number of carbonyl (C=O) groups excluding carboxylic acids is 1. The fourth-order valence-electron chi connectivity index (χ4n) is 3.15. The van der Waals surface area contributed by atoms with Gasteiger partial charge in [0.25, 0.3) is 0 Å². The van der Waals surface area contributed by atoms with Crippen molar-refractivity contribution in [3.63, 3.8) is 0 Å². The Labute approximate surface area is 161 Å². The average molecular weight is 384 g/mol. The summed E-state index contributed by atoms with van der Waals surface area (Å²) in [7, 11) is 2.83. The molecule has 1 aromatic heterocycles. The quantitative estimate of drug-likeness (QED) is 0.670. The summed E-state index contributed by atoms with van der Waals surface area (Å²) in [6, 6.07) is 6.55. The summed E-state index contributed by atoms with van der Waals surface area (Å²) in [5, 5.41) is 16.8. The van der Waals surface area contributed by atoms with Crippen molar-refractivity contribution in [2.75, 3.05) is 19.5 Å². The zero-order valence-corrected chi connectivity index (χ0v) is 16.0. The molecule has 3 aromatic rings. The monoisotopic (exact) mass is 384 g/mol. The van der Waals surface area contributed by atoms with E-state index in [2.05, 4.69) is 10.5 Å². The molecule has 0 aliphatic rings. The maximum absolute atomic E-state index is 12.6. The van der Waals surface area contributed by atoms with Gasteiger partial charge in [0.2, 0.25) is 5.91 Å². The van der Waals surface area contributed by atoms with Gasteiger partial charge in [-0.2, -0.15) is 0 Å². The lowest BCUT2D eigenvalue weighted by Crippen LogP contribution is -2.17. The van der Waals surface area contributed by atoms with Crippen molar-refractivity contribution in [2.24, 2.45) is 0 Å². The number of hydrogen-bond donors (Lipinski definition) is 2. The molecule has 28 heavy (non-hydrogen) atoms. The summed E-state index contributed by atoms with van der Waals surface area (Å²) >= 11 is 0. The second-order valence-electron chi connectivity index (χ2n) is 6.37. The molecule has 0 bridgehead atoms. The molecule has 0 radical (unpaired) electrons. The van der Waals surface area contributed by atoms with Crippen molar-refractivity contribution in [3.05, 3.63) is 46.6 Å². The maximum Gasteiger partial charge on any atom is 0.337 e. The summed E-state index contributed by atoms with van der Waals surface area (Å²) in [5.41, 5.74) is 3.09. The minimum Gasteiger partial charge on any atom is -0.493 e. The van der Waals surface area contributed by atoms with Crippen molar-refractivity contribution >= 4 is 28.5 Å². The number of fused-ring (bicyclic) bond motifs is 1. The standard InChI is InChI=1S/C20H20N2O6/c1-10-5-11(2)19-14(22-28-17(19)6-10)9-18(23)21-13-8-16(27-4)15(26-3)7-12(13)20(24)25/h5-8H,9H2,1-4H3,(H,21,23)(H,24,25). The van der Waals surface area contributed by atoms with Gasteiger partial charge in [0, 0.05) is 17.5 Å². The van der Waals surface area contributed by atoms with Crippen LogP contribution in [-0.2, 0) is 11.2 Å². The molecule has 1 amide bonds. The third kappa shape index (κ3) is 3.62. The normalized spacial score (nSPS) is 10.7. The van der Waals surface area contributed by atoms with Gasteiger partial charge < -0.3 is 24.4 Å². The highest BCUT2D eigenvalue weighted by molar-refractivity contribution is 6.02. The van der Waals surface area contributed by atoms with Gasteiger partial charge in [-0.25, -0.2) is 4.79 Å². The van der Waals surface area contributed by atoms with E-state index in [4.69, 9.17) is 14.0 Å². The predicted molar refractivity (Wildman–Crippen MR) is 102 cm³/mol.